The summed E-state index contributed by atoms with van der Waals surface area (Å²) in [5, 5.41) is 0. The molecule has 0 aromatic carbocycles. The third-order valence-corrected chi connectivity index (χ3v) is 2.63. The third kappa shape index (κ3) is 1.42. The first kappa shape index (κ1) is 9.71. The Labute approximate surface area is 96.3 Å². The first-order valence-corrected chi connectivity index (χ1v) is 5.06. The lowest BCUT2D eigenvalue weighted by atomic mass is 10.2. The number of amides is 2. The molecule has 84 valence electrons. The van der Waals surface area contributed by atoms with E-state index in [1.165, 1.54) is 12.4 Å². The average molecular weight is 228 g/mol. The number of imide groups is 1. The number of aromatic nitrogens is 3. The number of carbonyl (C=O) groups excluding carboxylic acids is 2. The van der Waals surface area contributed by atoms with Crippen molar-refractivity contribution < 1.29 is 9.59 Å². The summed E-state index contributed by atoms with van der Waals surface area (Å²) in [5.41, 5.74) is 0.751. The number of rotatable bonds is 2. The predicted octanol–water partition coefficient (Wildman–Crippen LogP) is 0.601. The second-order valence-electron chi connectivity index (χ2n) is 3.65. The molecule has 6 heteroatoms. The van der Waals surface area contributed by atoms with Crippen LogP contribution in [0.5, 0.6) is 0 Å². The number of imidazole rings is 1. The minimum absolute atomic E-state index is 0.152. The maximum Gasteiger partial charge on any atom is 0.263 e. The van der Waals surface area contributed by atoms with Crippen LogP contribution in [0.3, 0.4) is 0 Å². The minimum Gasteiger partial charge on any atom is -0.347 e. The fraction of sp³-hybridized carbons (Fsp3) is 0.0909. The van der Waals surface area contributed by atoms with Crippen molar-refractivity contribution in [3.8, 4) is 0 Å². The van der Waals surface area contributed by atoms with Crippen molar-refractivity contribution in [1.82, 2.24) is 19.9 Å². The Hall–Kier alpha value is -2.50. The molecule has 2 aromatic heterocycles. The molecule has 0 unspecified atom stereocenters. The molecule has 0 spiro atoms. The molecule has 3 rings (SSSR count). The lowest BCUT2D eigenvalue weighted by Crippen LogP contribution is -2.29. The van der Waals surface area contributed by atoms with Crippen LogP contribution in [0, 0.1) is 0 Å². The van der Waals surface area contributed by atoms with Gasteiger partial charge in [0.2, 0.25) is 0 Å². The van der Waals surface area contributed by atoms with Gasteiger partial charge in [-0.3, -0.25) is 19.5 Å². The number of nitrogens with zero attached hydrogens (tertiary/aromatic N) is 3. The smallest absolute Gasteiger partial charge is 0.263 e. The van der Waals surface area contributed by atoms with Gasteiger partial charge in [-0.05, 0) is 6.07 Å². The van der Waals surface area contributed by atoms with Gasteiger partial charge >= 0.3 is 0 Å². The summed E-state index contributed by atoms with van der Waals surface area (Å²) in [5.74, 6) is -0.0502. The summed E-state index contributed by atoms with van der Waals surface area (Å²) >= 11 is 0. The Balaban J connectivity index is 1.95. The van der Waals surface area contributed by atoms with Crippen LogP contribution in [0.2, 0.25) is 0 Å². The number of H-pyrrole nitrogens is 1. The highest BCUT2D eigenvalue weighted by Crippen LogP contribution is 2.22. The molecule has 2 aromatic rings. The first-order chi connectivity index (χ1) is 8.27. The summed E-state index contributed by atoms with van der Waals surface area (Å²) < 4.78 is 0. The van der Waals surface area contributed by atoms with E-state index < -0.39 is 0 Å². The van der Waals surface area contributed by atoms with Gasteiger partial charge in [-0.1, -0.05) is 0 Å². The number of carbonyl (C=O) groups is 2. The molecular formula is C11H8N4O2. The zero-order valence-electron chi connectivity index (χ0n) is 8.75. The quantitative estimate of drug-likeness (QED) is 0.763. The molecule has 0 aliphatic carbocycles. The Kier molecular flexibility index (Phi) is 2.01. The standard InChI is InChI=1S/C11H8N4O2/c16-10-7-1-2-12-5-8(7)11(17)15(10)6-9-13-3-4-14-9/h1-5H,6H2,(H,13,14). The summed E-state index contributed by atoms with van der Waals surface area (Å²) in [6.45, 7) is 0.152. The molecule has 0 fully saturated rings. The third-order valence-electron chi connectivity index (χ3n) is 2.63. The maximum atomic E-state index is 12.0. The van der Waals surface area contributed by atoms with E-state index in [0.29, 0.717) is 17.0 Å². The number of fused-ring (bicyclic) bond motifs is 1. The molecule has 0 saturated carbocycles. The molecule has 1 aliphatic rings. The Morgan fingerprint density at radius 1 is 1.18 bits per heavy atom. The van der Waals surface area contributed by atoms with E-state index in [4.69, 9.17) is 0 Å². The molecule has 6 nitrogen and oxygen atoms in total. The molecule has 1 N–H and O–H groups in total. The SMILES string of the molecule is O=C1c2ccncc2C(=O)N1Cc1ncc[nH]1. The highest BCUT2D eigenvalue weighted by Gasteiger charge is 2.35. The van der Waals surface area contributed by atoms with Gasteiger partial charge in [-0.15, -0.1) is 0 Å². The van der Waals surface area contributed by atoms with Gasteiger partial charge in [0.15, 0.2) is 0 Å². The monoisotopic (exact) mass is 228 g/mol. The summed E-state index contributed by atoms with van der Waals surface area (Å²) in [7, 11) is 0. The van der Waals surface area contributed by atoms with Gasteiger partial charge in [0, 0.05) is 24.8 Å². The van der Waals surface area contributed by atoms with E-state index in [2.05, 4.69) is 15.0 Å². The first-order valence-electron chi connectivity index (χ1n) is 5.06. The molecule has 1 aliphatic heterocycles. The van der Waals surface area contributed by atoms with Crippen LogP contribution in [-0.2, 0) is 6.54 Å². The van der Waals surface area contributed by atoms with E-state index in [1.807, 2.05) is 0 Å². The number of aromatic amines is 1. The Bertz CT molecular complexity index is 556. The number of hydrogen-bond acceptors (Lipinski definition) is 4. The zero-order valence-corrected chi connectivity index (χ0v) is 8.75. The zero-order chi connectivity index (χ0) is 11.8. The number of hydrogen-bond donors (Lipinski definition) is 1. The van der Waals surface area contributed by atoms with Crippen LogP contribution < -0.4 is 0 Å². The van der Waals surface area contributed by atoms with E-state index in [-0.39, 0.29) is 18.4 Å². The van der Waals surface area contributed by atoms with Crippen LogP contribution in [0.25, 0.3) is 0 Å². The van der Waals surface area contributed by atoms with E-state index in [0.717, 1.165) is 4.90 Å². The van der Waals surface area contributed by atoms with Crippen molar-refractivity contribution in [2.75, 3.05) is 0 Å². The van der Waals surface area contributed by atoms with Crippen molar-refractivity contribution >= 4 is 11.8 Å². The Morgan fingerprint density at radius 3 is 2.71 bits per heavy atom. The molecule has 0 saturated heterocycles. The van der Waals surface area contributed by atoms with Crippen LogP contribution in [-0.4, -0.2) is 31.7 Å². The second kappa shape index (κ2) is 3.51. The molecular weight excluding hydrogens is 220 g/mol. The fourth-order valence-corrected chi connectivity index (χ4v) is 1.81. The van der Waals surface area contributed by atoms with E-state index in [9.17, 15) is 9.59 Å². The van der Waals surface area contributed by atoms with Crippen LogP contribution in [0.4, 0.5) is 0 Å². The lowest BCUT2D eigenvalue weighted by molar-refractivity contribution is 0.0638. The molecule has 0 bridgehead atoms. The van der Waals surface area contributed by atoms with Gasteiger partial charge in [0.1, 0.15) is 5.82 Å². The van der Waals surface area contributed by atoms with Gasteiger partial charge in [0.25, 0.3) is 11.8 Å². The second-order valence-corrected chi connectivity index (χ2v) is 3.65. The number of pyridine rings is 1. The fourth-order valence-electron chi connectivity index (χ4n) is 1.81. The topological polar surface area (TPSA) is 79.0 Å². The van der Waals surface area contributed by atoms with Crippen molar-refractivity contribution in [3.05, 3.63) is 47.8 Å². The van der Waals surface area contributed by atoms with Crippen molar-refractivity contribution in [1.29, 1.82) is 0 Å². The van der Waals surface area contributed by atoms with E-state index >= 15 is 0 Å². The largest absolute Gasteiger partial charge is 0.347 e. The highest BCUT2D eigenvalue weighted by atomic mass is 16.2. The minimum atomic E-state index is -0.325. The van der Waals surface area contributed by atoms with Gasteiger partial charge in [-0.2, -0.15) is 0 Å². The highest BCUT2D eigenvalue weighted by molar-refractivity contribution is 6.21. The molecule has 17 heavy (non-hydrogen) atoms. The molecule has 3 heterocycles. The van der Waals surface area contributed by atoms with Crippen molar-refractivity contribution in [3.63, 3.8) is 0 Å². The van der Waals surface area contributed by atoms with E-state index in [1.54, 1.807) is 18.5 Å². The van der Waals surface area contributed by atoms with Gasteiger partial charge in [-0.25, -0.2) is 4.98 Å². The number of nitrogens with one attached hydrogen (secondary N) is 1. The lowest BCUT2D eigenvalue weighted by Gasteiger charge is -2.11. The normalized spacial score (nSPS) is 14.2. The summed E-state index contributed by atoms with van der Waals surface area (Å²) in [6, 6.07) is 1.55. The molecule has 2 amide bonds. The Morgan fingerprint density at radius 2 is 2.00 bits per heavy atom. The predicted molar refractivity (Wildman–Crippen MR) is 57.0 cm³/mol. The summed E-state index contributed by atoms with van der Waals surface area (Å²) in [4.78, 5) is 35.8. The molecule has 0 radical (unpaired) electrons. The summed E-state index contributed by atoms with van der Waals surface area (Å²) in [6.07, 6.45) is 6.14. The van der Waals surface area contributed by atoms with Crippen LogP contribution >= 0.6 is 0 Å². The van der Waals surface area contributed by atoms with Crippen LogP contribution in [0.1, 0.15) is 26.5 Å². The van der Waals surface area contributed by atoms with Crippen molar-refractivity contribution in [2.45, 2.75) is 6.54 Å². The average Bonchev–Trinajstić information content (AvgIpc) is 2.94. The molecule has 0 atom stereocenters. The van der Waals surface area contributed by atoms with Gasteiger partial charge in [0.05, 0.1) is 17.7 Å². The van der Waals surface area contributed by atoms with Crippen LogP contribution in [0.15, 0.2) is 30.9 Å². The van der Waals surface area contributed by atoms with Gasteiger partial charge < -0.3 is 4.98 Å². The van der Waals surface area contributed by atoms with Crippen molar-refractivity contribution in [2.24, 2.45) is 0 Å². The maximum absolute atomic E-state index is 12.0.